The highest BCUT2D eigenvalue weighted by Gasteiger charge is 2.31. The number of ether oxygens (including phenoxy) is 2. The third-order valence-electron chi connectivity index (χ3n) is 5.03. The molecule has 0 spiro atoms. The molecule has 1 aliphatic heterocycles. The van der Waals surface area contributed by atoms with Crippen molar-refractivity contribution in [2.45, 2.75) is 27.2 Å². The molecule has 0 aliphatic carbocycles. The molecule has 0 aromatic heterocycles. The third-order valence-corrected chi connectivity index (χ3v) is 7.50. The van der Waals surface area contributed by atoms with Crippen LogP contribution in [0.15, 0.2) is 18.2 Å². The summed E-state index contributed by atoms with van der Waals surface area (Å²) >= 11 is 6.32. The van der Waals surface area contributed by atoms with Crippen molar-refractivity contribution >= 4 is 33.8 Å². The van der Waals surface area contributed by atoms with E-state index in [2.05, 4.69) is 0 Å². The van der Waals surface area contributed by atoms with Crippen molar-refractivity contribution in [1.29, 1.82) is 0 Å². The molecule has 1 aliphatic rings. The summed E-state index contributed by atoms with van der Waals surface area (Å²) in [5.41, 5.74) is 0.710. The van der Waals surface area contributed by atoms with Gasteiger partial charge in [0.15, 0.2) is 11.5 Å². The van der Waals surface area contributed by atoms with Crippen LogP contribution in [0.3, 0.4) is 0 Å². The number of hydrogen-bond donors (Lipinski definition) is 0. The number of halogens is 1. The van der Waals surface area contributed by atoms with Crippen LogP contribution in [-0.2, 0) is 15.0 Å². The van der Waals surface area contributed by atoms with E-state index in [9.17, 15) is 13.2 Å². The lowest BCUT2D eigenvalue weighted by atomic mass is 10.1. The van der Waals surface area contributed by atoms with Crippen molar-refractivity contribution in [2.75, 3.05) is 53.0 Å². The smallest absolute Gasteiger partial charge is 0.282 e. The maximum Gasteiger partial charge on any atom is 0.282 e. The number of carbonyl (C=O) groups excluding carboxylic acids is 1. The van der Waals surface area contributed by atoms with E-state index in [1.54, 1.807) is 23.1 Å². The van der Waals surface area contributed by atoms with Gasteiger partial charge in [0.2, 0.25) is 5.91 Å². The molecule has 0 saturated carbocycles. The van der Waals surface area contributed by atoms with Gasteiger partial charge in [-0.25, -0.2) is 0 Å². The molecule has 8 nitrogen and oxygen atoms in total. The molecule has 0 radical (unpaired) electrons. The first-order valence-electron chi connectivity index (χ1n) is 10.5. The fraction of sp³-hybridized carbons (Fsp3) is 0.571. The molecule has 1 fully saturated rings. The van der Waals surface area contributed by atoms with E-state index in [0.29, 0.717) is 54.9 Å². The van der Waals surface area contributed by atoms with Crippen LogP contribution >= 0.6 is 11.6 Å². The zero-order chi connectivity index (χ0) is 23.0. The zero-order valence-corrected chi connectivity index (χ0v) is 20.2. The first-order chi connectivity index (χ1) is 14.8. The Bertz CT molecular complexity index is 879. The second-order valence-corrected chi connectivity index (χ2v) is 9.37. The lowest BCUT2D eigenvalue weighted by Gasteiger charge is -2.35. The molecule has 10 heteroatoms. The van der Waals surface area contributed by atoms with Crippen LogP contribution in [0.5, 0.6) is 11.5 Å². The van der Waals surface area contributed by atoms with Crippen molar-refractivity contribution in [2.24, 2.45) is 0 Å². The quantitative estimate of drug-likeness (QED) is 0.488. The van der Waals surface area contributed by atoms with Gasteiger partial charge >= 0.3 is 0 Å². The molecule has 174 valence electrons. The van der Waals surface area contributed by atoms with Gasteiger partial charge in [0.05, 0.1) is 18.7 Å². The highest BCUT2D eigenvalue weighted by atomic mass is 35.5. The second kappa shape index (κ2) is 11.7. The Labute approximate surface area is 190 Å². The lowest BCUT2D eigenvalue weighted by molar-refractivity contribution is -0.127. The maximum atomic E-state index is 12.6. The average molecular weight is 474 g/mol. The van der Waals surface area contributed by atoms with Crippen LogP contribution in [0.1, 0.15) is 32.8 Å². The minimum atomic E-state index is -3.48. The van der Waals surface area contributed by atoms with Gasteiger partial charge in [0, 0.05) is 45.3 Å². The van der Waals surface area contributed by atoms with Gasteiger partial charge in [-0.05, 0) is 30.2 Å². The summed E-state index contributed by atoms with van der Waals surface area (Å²) in [6.45, 7) is 8.26. The average Bonchev–Trinajstić information content (AvgIpc) is 2.77. The van der Waals surface area contributed by atoms with E-state index < -0.39 is 10.2 Å². The van der Waals surface area contributed by atoms with Crippen molar-refractivity contribution in [3.63, 3.8) is 0 Å². The molecule has 1 aromatic carbocycles. The van der Waals surface area contributed by atoms with Gasteiger partial charge in [-0.3, -0.25) is 4.79 Å². The van der Waals surface area contributed by atoms with Crippen molar-refractivity contribution in [3.8, 4) is 11.5 Å². The molecular formula is C21H32ClN3O5S. The molecule has 2 rings (SSSR count). The summed E-state index contributed by atoms with van der Waals surface area (Å²) in [4.78, 5) is 14.2. The SMILES string of the molecule is CCCOc1c(Cl)cc(C=CC(=O)N2CCN(S(=O)(=O)N(CC)CC)CC2)cc1OC. The number of nitrogens with zero attached hydrogens (tertiary/aromatic N) is 3. The Balaban J connectivity index is 2.02. The molecule has 1 heterocycles. The Kier molecular flexibility index (Phi) is 9.61. The summed E-state index contributed by atoms with van der Waals surface area (Å²) in [7, 11) is -1.95. The van der Waals surface area contributed by atoms with Crippen molar-refractivity contribution < 1.29 is 22.7 Å². The molecule has 0 atom stereocenters. The van der Waals surface area contributed by atoms with Crippen LogP contribution in [0.25, 0.3) is 6.08 Å². The first kappa shape index (κ1) is 25.5. The van der Waals surface area contributed by atoms with Gasteiger partial charge in [0.1, 0.15) is 0 Å². The molecule has 0 unspecified atom stereocenters. The fourth-order valence-electron chi connectivity index (χ4n) is 3.31. The summed E-state index contributed by atoms with van der Waals surface area (Å²) in [5, 5.41) is 0.412. The Morgan fingerprint density at radius 3 is 2.35 bits per heavy atom. The Morgan fingerprint density at radius 2 is 1.81 bits per heavy atom. The fourth-order valence-corrected chi connectivity index (χ4v) is 5.18. The normalized spacial score (nSPS) is 15.6. The van der Waals surface area contributed by atoms with E-state index >= 15 is 0 Å². The highest BCUT2D eigenvalue weighted by molar-refractivity contribution is 7.86. The summed E-state index contributed by atoms with van der Waals surface area (Å²) in [5.74, 6) is 0.810. The number of carbonyl (C=O) groups is 1. The third kappa shape index (κ3) is 6.35. The zero-order valence-electron chi connectivity index (χ0n) is 18.6. The summed E-state index contributed by atoms with van der Waals surface area (Å²) in [6.07, 6.45) is 3.98. The second-order valence-electron chi connectivity index (χ2n) is 7.03. The van der Waals surface area contributed by atoms with Gasteiger partial charge < -0.3 is 14.4 Å². The first-order valence-corrected chi connectivity index (χ1v) is 12.3. The minimum Gasteiger partial charge on any atom is -0.493 e. The molecule has 1 aromatic rings. The van der Waals surface area contributed by atoms with Gasteiger partial charge in [-0.2, -0.15) is 17.0 Å². The van der Waals surface area contributed by atoms with Crippen LogP contribution in [0.4, 0.5) is 0 Å². The van der Waals surface area contributed by atoms with Gasteiger partial charge in [0.25, 0.3) is 10.2 Å². The molecule has 0 N–H and O–H groups in total. The van der Waals surface area contributed by atoms with Crippen LogP contribution < -0.4 is 9.47 Å². The van der Waals surface area contributed by atoms with Gasteiger partial charge in [-0.1, -0.05) is 32.4 Å². The number of hydrogen-bond acceptors (Lipinski definition) is 5. The van der Waals surface area contributed by atoms with E-state index in [1.165, 1.54) is 21.8 Å². The van der Waals surface area contributed by atoms with E-state index in [1.807, 2.05) is 20.8 Å². The number of methoxy groups -OCH3 is 1. The number of rotatable bonds is 10. The highest BCUT2D eigenvalue weighted by Crippen LogP contribution is 2.36. The topological polar surface area (TPSA) is 79.4 Å². The van der Waals surface area contributed by atoms with Crippen molar-refractivity contribution in [3.05, 3.63) is 28.8 Å². The van der Waals surface area contributed by atoms with E-state index in [0.717, 1.165) is 6.42 Å². The monoisotopic (exact) mass is 473 g/mol. The predicted molar refractivity (Wildman–Crippen MR) is 123 cm³/mol. The summed E-state index contributed by atoms with van der Waals surface area (Å²) in [6, 6.07) is 3.47. The standard InChI is InChI=1S/C21H32ClN3O5S/c1-5-14-30-21-18(22)15-17(16-19(21)29-4)8-9-20(26)23-10-12-25(13-11-23)31(27,28)24(6-2)7-3/h8-9,15-16H,5-7,10-14H2,1-4H3. The largest absolute Gasteiger partial charge is 0.493 e. The van der Waals surface area contributed by atoms with Crippen LogP contribution in [-0.4, -0.2) is 80.8 Å². The molecule has 1 saturated heterocycles. The lowest BCUT2D eigenvalue weighted by Crippen LogP contribution is -2.53. The van der Waals surface area contributed by atoms with E-state index in [4.69, 9.17) is 21.1 Å². The molecule has 1 amide bonds. The van der Waals surface area contributed by atoms with Gasteiger partial charge in [-0.15, -0.1) is 0 Å². The maximum absolute atomic E-state index is 12.6. The van der Waals surface area contributed by atoms with E-state index in [-0.39, 0.29) is 19.0 Å². The number of benzene rings is 1. The number of amides is 1. The molecule has 0 bridgehead atoms. The molecular weight excluding hydrogens is 442 g/mol. The number of piperazine rings is 1. The van der Waals surface area contributed by atoms with Crippen LogP contribution in [0.2, 0.25) is 5.02 Å². The minimum absolute atomic E-state index is 0.179. The Morgan fingerprint density at radius 1 is 1.16 bits per heavy atom. The Hall–Kier alpha value is -1.81. The predicted octanol–water partition coefficient (Wildman–Crippen LogP) is 2.88. The van der Waals surface area contributed by atoms with Crippen molar-refractivity contribution in [1.82, 2.24) is 13.5 Å². The van der Waals surface area contributed by atoms with Crippen LogP contribution in [0, 0.1) is 0 Å². The molecule has 31 heavy (non-hydrogen) atoms. The summed E-state index contributed by atoms with van der Waals surface area (Å²) < 4.78 is 39.1.